The fourth-order valence-corrected chi connectivity index (χ4v) is 3.71. The van der Waals surface area contributed by atoms with Gasteiger partial charge < -0.3 is 9.73 Å². The van der Waals surface area contributed by atoms with Gasteiger partial charge in [-0.05, 0) is 35.4 Å². The molecule has 156 valence electrons. The summed E-state index contributed by atoms with van der Waals surface area (Å²) >= 11 is 0. The van der Waals surface area contributed by atoms with Gasteiger partial charge in [-0.1, -0.05) is 78.9 Å². The van der Waals surface area contributed by atoms with Crippen LogP contribution in [-0.2, 0) is 0 Å². The Morgan fingerprint density at radius 3 is 1.94 bits per heavy atom. The third-order valence-electron chi connectivity index (χ3n) is 5.26. The second kappa shape index (κ2) is 8.78. The number of para-hydroxylation sites is 1. The molecule has 3 aromatic carbocycles. The van der Waals surface area contributed by atoms with Crippen LogP contribution in [0.5, 0.6) is 0 Å². The first-order valence-electron chi connectivity index (χ1n) is 10.4. The molecule has 0 aliphatic rings. The third kappa shape index (κ3) is 3.96. The van der Waals surface area contributed by atoms with Crippen LogP contribution in [0.4, 0.5) is 0 Å². The highest BCUT2D eigenvalue weighted by atomic mass is 16.3. The number of nitrogens with one attached hydrogen (secondary N) is 1. The molecule has 32 heavy (non-hydrogen) atoms. The van der Waals surface area contributed by atoms with Crippen molar-refractivity contribution in [3.8, 4) is 17.1 Å². The summed E-state index contributed by atoms with van der Waals surface area (Å²) in [6.45, 7) is 0. The van der Waals surface area contributed by atoms with E-state index in [0.717, 1.165) is 16.8 Å². The van der Waals surface area contributed by atoms with Crippen molar-refractivity contribution in [1.82, 2.24) is 15.1 Å². The van der Waals surface area contributed by atoms with E-state index in [1.54, 1.807) is 23.1 Å². The summed E-state index contributed by atoms with van der Waals surface area (Å²) < 4.78 is 7.17. The summed E-state index contributed by atoms with van der Waals surface area (Å²) in [5.41, 5.74) is 3.83. The van der Waals surface area contributed by atoms with E-state index in [1.807, 2.05) is 97.1 Å². The van der Waals surface area contributed by atoms with Crippen LogP contribution in [-0.4, -0.2) is 15.7 Å². The smallest absolute Gasteiger partial charge is 0.270 e. The molecule has 0 radical (unpaired) electrons. The Morgan fingerprint density at radius 1 is 0.781 bits per heavy atom. The van der Waals surface area contributed by atoms with Gasteiger partial charge in [-0.3, -0.25) is 4.79 Å². The SMILES string of the molecule is O=C(NC(c1ccccc1)c1ccccc1)c1cc(-c2ccco2)nn1-c1ccccc1. The van der Waals surface area contributed by atoms with Gasteiger partial charge in [-0.2, -0.15) is 5.10 Å². The summed E-state index contributed by atoms with van der Waals surface area (Å²) in [6, 6.07) is 34.6. The maximum Gasteiger partial charge on any atom is 0.270 e. The molecule has 0 aliphatic heterocycles. The lowest BCUT2D eigenvalue weighted by Gasteiger charge is -2.20. The van der Waals surface area contributed by atoms with E-state index in [9.17, 15) is 4.79 Å². The lowest BCUT2D eigenvalue weighted by molar-refractivity contribution is 0.0935. The van der Waals surface area contributed by atoms with Crippen LogP contribution in [0.2, 0.25) is 0 Å². The first-order valence-corrected chi connectivity index (χ1v) is 10.4. The lowest BCUT2D eigenvalue weighted by atomic mass is 9.98. The highest BCUT2D eigenvalue weighted by molar-refractivity contribution is 5.94. The Kier molecular flexibility index (Phi) is 5.37. The molecule has 5 aromatic rings. The lowest BCUT2D eigenvalue weighted by Crippen LogP contribution is -2.31. The van der Waals surface area contributed by atoms with Crippen molar-refractivity contribution in [3.05, 3.63) is 132 Å². The fourth-order valence-electron chi connectivity index (χ4n) is 3.71. The standard InChI is InChI=1S/C27H21N3O2/c31-27(28-26(20-11-4-1-5-12-20)21-13-6-2-7-14-21)24-19-23(25-17-10-18-32-25)29-30(24)22-15-8-3-9-16-22/h1-19,26H,(H,28,31). The predicted molar refractivity (Wildman–Crippen MR) is 123 cm³/mol. The van der Waals surface area contributed by atoms with Gasteiger partial charge in [-0.15, -0.1) is 0 Å². The van der Waals surface area contributed by atoms with Gasteiger partial charge >= 0.3 is 0 Å². The Bertz CT molecular complexity index is 1260. The molecule has 0 fully saturated rings. The summed E-state index contributed by atoms with van der Waals surface area (Å²) in [7, 11) is 0. The number of hydrogen-bond donors (Lipinski definition) is 1. The van der Waals surface area contributed by atoms with E-state index < -0.39 is 0 Å². The largest absolute Gasteiger partial charge is 0.463 e. The summed E-state index contributed by atoms with van der Waals surface area (Å²) in [5, 5.41) is 7.86. The van der Waals surface area contributed by atoms with E-state index in [2.05, 4.69) is 10.4 Å². The molecule has 1 amide bonds. The molecule has 5 heteroatoms. The molecule has 0 saturated carbocycles. The molecular formula is C27H21N3O2. The van der Waals surface area contributed by atoms with Gasteiger partial charge in [0.15, 0.2) is 5.76 Å². The monoisotopic (exact) mass is 419 g/mol. The van der Waals surface area contributed by atoms with Crippen LogP contribution < -0.4 is 5.32 Å². The summed E-state index contributed by atoms with van der Waals surface area (Å²) in [5.74, 6) is 0.383. The van der Waals surface area contributed by atoms with E-state index in [-0.39, 0.29) is 11.9 Å². The quantitative estimate of drug-likeness (QED) is 0.387. The van der Waals surface area contributed by atoms with Crippen molar-refractivity contribution in [2.45, 2.75) is 6.04 Å². The molecule has 1 N–H and O–H groups in total. The highest BCUT2D eigenvalue weighted by Gasteiger charge is 2.23. The molecule has 2 aromatic heterocycles. The average Bonchev–Trinajstić information content (AvgIpc) is 3.54. The summed E-state index contributed by atoms with van der Waals surface area (Å²) in [6.07, 6.45) is 1.59. The number of carbonyl (C=O) groups excluding carboxylic acids is 1. The summed E-state index contributed by atoms with van der Waals surface area (Å²) in [4.78, 5) is 13.6. The minimum Gasteiger partial charge on any atom is -0.463 e. The topological polar surface area (TPSA) is 60.1 Å². The van der Waals surface area contributed by atoms with Gasteiger partial charge in [0.05, 0.1) is 18.0 Å². The van der Waals surface area contributed by atoms with Gasteiger partial charge in [-0.25, -0.2) is 4.68 Å². The van der Waals surface area contributed by atoms with Crippen LogP contribution in [0.3, 0.4) is 0 Å². The number of furan rings is 1. The van der Waals surface area contributed by atoms with E-state index in [4.69, 9.17) is 4.42 Å². The second-order valence-electron chi connectivity index (χ2n) is 7.37. The molecule has 0 spiro atoms. The highest BCUT2D eigenvalue weighted by Crippen LogP contribution is 2.25. The average molecular weight is 419 g/mol. The maximum absolute atomic E-state index is 13.6. The van der Waals surface area contributed by atoms with Crippen molar-refractivity contribution in [3.63, 3.8) is 0 Å². The van der Waals surface area contributed by atoms with Gasteiger partial charge in [0.2, 0.25) is 0 Å². The molecule has 0 unspecified atom stereocenters. The molecule has 5 nitrogen and oxygen atoms in total. The van der Waals surface area contributed by atoms with E-state index in [0.29, 0.717) is 17.1 Å². The minimum atomic E-state index is -0.295. The van der Waals surface area contributed by atoms with Crippen LogP contribution in [0.15, 0.2) is 120 Å². The molecule has 0 aliphatic carbocycles. The number of benzene rings is 3. The number of carbonyl (C=O) groups is 1. The van der Waals surface area contributed by atoms with Gasteiger partial charge in [0.25, 0.3) is 5.91 Å². The molecule has 0 bridgehead atoms. The first kappa shape index (κ1) is 19.6. The van der Waals surface area contributed by atoms with Crippen molar-refractivity contribution >= 4 is 5.91 Å². The van der Waals surface area contributed by atoms with Crippen LogP contribution >= 0.6 is 0 Å². The zero-order chi connectivity index (χ0) is 21.8. The van der Waals surface area contributed by atoms with Gasteiger partial charge in [0, 0.05) is 6.07 Å². The number of aromatic nitrogens is 2. The Hall–Kier alpha value is -4.38. The van der Waals surface area contributed by atoms with Gasteiger partial charge in [0.1, 0.15) is 11.4 Å². The van der Waals surface area contributed by atoms with Crippen LogP contribution in [0.25, 0.3) is 17.1 Å². The second-order valence-corrected chi connectivity index (χ2v) is 7.37. The molecule has 0 atom stereocenters. The van der Waals surface area contributed by atoms with Crippen LogP contribution in [0, 0.1) is 0 Å². The van der Waals surface area contributed by atoms with Crippen molar-refractivity contribution in [2.75, 3.05) is 0 Å². The molecule has 2 heterocycles. The zero-order valence-corrected chi connectivity index (χ0v) is 17.3. The van der Waals surface area contributed by atoms with Crippen molar-refractivity contribution < 1.29 is 9.21 Å². The molecule has 0 saturated heterocycles. The Balaban J connectivity index is 1.55. The third-order valence-corrected chi connectivity index (χ3v) is 5.26. The number of amides is 1. The van der Waals surface area contributed by atoms with E-state index in [1.165, 1.54) is 0 Å². The van der Waals surface area contributed by atoms with Crippen molar-refractivity contribution in [2.24, 2.45) is 0 Å². The predicted octanol–water partition coefficient (Wildman–Crippen LogP) is 5.65. The Morgan fingerprint density at radius 2 is 1.38 bits per heavy atom. The first-order chi connectivity index (χ1) is 15.8. The van der Waals surface area contributed by atoms with E-state index >= 15 is 0 Å². The number of rotatable bonds is 6. The Labute approximate surface area is 186 Å². The fraction of sp³-hybridized carbons (Fsp3) is 0.0370. The minimum absolute atomic E-state index is 0.225. The molecule has 5 rings (SSSR count). The maximum atomic E-state index is 13.6. The molecular weight excluding hydrogens is 398 g/mol. The van der Waals surface area contributed by atoms with Crippen molar-refractivity contribution in [1.29, 1.82) is 0 Å². The van der Waals surface area contributed by atoms with Crippen LogP contribution in [0.1, 0.15) is 27.7 Å². The normalized spacial score (nSPS) is 10.9. The number of nitrogens with zero attached hydrogens (tertiary/aromatic N) is 2. The zero-order valence-electron chi connectivity index (χ0n) is 17.3. The number of hydrogen-bond acceptors (Lipinski definition) is 3.